The Balaban J connectivity index is 2.92. The van der Waals surface area contributed by atoms with Crippen LogP contribution in [0.5, 0.6) is 0 Å². The number of amides is 1. The monoisotopic (exact) mass is 369 g/mol. The summed E-state index contributed by atoms with van der Waals surface area (Å²) in [5.41, 5.74) is -0.0617. The Morgan fingerprint density at radius 2 is 1.80 bits per heavy atom. The van der Waals surface area contributed by atoms with E-state index in [1.807, 2.05) is 20.8 Å². The number of hydrogen-bond acceptors (Lipinski definition) is 4. The van der Waals surface area contributed by atoms with Crippen molar-refractivity contribution in [2.24, 2.45) is 0 Å². The van der Waals surface area contributed by atoms with Crippen molar-refractivity contribution in [2.45, 2.75) is 90.3 Å². The fourth-order valence-electron chi connectivity index (χ4n) is 2.64. The Morgan fingerprint density at radius 3 is 2.24 bits per heavy atom. The van der Waals surface area contributed by atoms with Crippen molar-refractivity contribution in [3.8, 4) is 0 Å². The van der Waals surface area contributed by atoms with Crippen LogP contribution in [0.4, 0.5) is 4.79 Å². The highest BCUT2D eigenvalue weighted by Gasteiger charge is 2.44. The minimum absolute atomic E-state index is 0.0298. The molecule has 1 saturated heterocycles. The normalized spacial score (nSPS) is 22.0. The molecular weight excluding hydrogens is 334 g/mol. The number of nitrogens with zero attached hydrogens (tertiary/aromatic N) is 1. The van der Waals surface area contributed by atoms with Gasteiger partial charge in [-0.1, -0.05) is 27.4 Å². The van der Waals surface area contributed by atoms with Gasteiger partial charge in [0.1, 0.15) is 11.9 Å². The largest absolute Gasteiger partial charge is 0.444 e. The van der Waals surface area contributed by atoms with Gasteiger partial charge >= 0.3 is 6.09 Å². The summed E-state index contributed by atoms with van der Waals surface area (Å²) in [6.45, 7) is 20.8. The molecular formula is C19H35NO4Si. The number of rotatable bonds is 5. The molecule has 0 spiro atoms. The number of carbonyl (C=O) groups is 2. The van der Waals surface area contributed by atoms with Crippen LogP contribution in [0.3, 0.4) is 0 Å². The molecule has 1 rings (SSSR count). The Morgan fingerprint density at radius 1 is 1.24 bits per heavy atom. The predicted molar refractivity (Wildman–Crippen MR) is 103 cm³/mol. The molecule has 25 heavy (non-hydrogen) atoms. The third kappa shape index (κ3) is 6.26. The van der Waals surface area contributed by atoms with E-state index >= 15 is 0 Å². The average molecular weight is 370 g/mol. The van der Waals surface area contributed by atoms with Gasteiger partial charge in [-0.25, -0.2) is 4.79 Å². The van der Waals surface area contributed by atoms with Crippen LogP contribution < -0.4 is 0 Å². The van der Waals surface area contributed by atoms with Gasteiger partial charge in [0.15, 0.2) is 8.32 Å². The third-order valence-corrected chi connectivity index (χ3v) is 9.47. The lowest BCUT2D eigenvalue weighted by Gasteiger charge is -2.38. The Hall–Kier alpha value is -1.14. The lowest BCUT2D eigenvalue weighted by Crippen LogP contribution is -2.45. The van der Waals surface area contributed by atoms with Crippen LogP contribution in [0.2, 0.25) is 18.1 Å². The molecule has 0 saturated carbocycles. The summed E-state index contributed by atoms with van der Waals surface area (Å²) in [7, 11) is -1.93. The highest BCUT2D eigenvalue weighted by atomic mass is 28.4. The first kappa shape index (κ1) is 21.9. The number of ether oxygens (including phenoxy) is 1. The Bertz CT molecular complexity index is 516. The van der Waals surface area contributed by atoms with E-state index in [9.17, 15) is 9.59 Å². The van der Waals surface area contributed by atoms with Gasteiger partial charge in [-0.15, -0.1) is 0 Å². The number of hydrogen-bond donors (Lipinski definition) is 0. The van der Waals surface area contributed by atoms with Gasteiger partial charge in [-0.2, -0.15) is 0 Å². The summed E-state index contributed by atoms with van der Waals surface area (Å²) in [4.78, 5) is 25.3. The van der Waals surface area contributed by atoms with Crippen LogP contribution >= 0.6 is 0 Å². The molecule has 1 heterocycles. The fraction of sp³-hybridized carbons (Fsp3) is 0.789. The van der Waals surface area contributed by atoms with Gasteiger partial charge in [0.25, 0.3) is 0 Å². The van der Waals surface area contributed by atoms with E-state index in [0.29, 0.717) is 25.0 Å². The first-order valence-corrected chi connectivity index (χ1v) is 11.9. The maximum Gasteiger partial charge on any atom is 0.410 e. The number of likely N-dealkylation sites (tertiary alicyclic amines) is 1. The molecule has 1 amide bonds. The predicted octanol–water partition coefficient (Wildman–Crippen LogP) is 4.53. The summed E-state index contributed by atoms with van der Waals surface area (Å²) in [6.07, 6.45) is 1.55. The van der Waals surface area contributed by atoms with E-state index in [4.69, 9.17) is 9.16 Å². The maximum absolute atomic E-state index is 12.6. The van der Waals surface area contributed by atoms with Crippen molar-refractivity contribution in [3.05, 3.63) is 12.2 Å². The molecule has 1 aliphatic heterocycles. The molecule has 0 bridgehead atoms. The molecule has 0 aromatic heterocycles. The second-order valence-corrected chi connectivity index (χ2v) is 14.3. The topological polar surface area (TPSA) is 55.8 Å². The quantitative estimate of drug-likeness (QED) is 0.406. The van der Waals surface area contributed by atoms with E-state index in [1.165, 1.54) is 0 Å². The number of aldehydes is 1. The second kappa shape index (κ2) is 7.62. The van der Waals surface area contributed by atoms with Crippen LogP contribution in [0, 0.1) is 0 Å². The summed E-state index contributed by atoms with van der Waals surface area (Å²) >= 11 is 0. The molecule has 0 aliphatic carbocycles. The van der Waals surface area contributed by atoms with Crippen molar-refractivity contribution < 1.29 is 18.8 Å². The van der Waals surface area contributed by atoms with Gasteiger partial charge in [-0.05, 0) is 57.3 Å². The van der Waals surface area contributed by atoms with Crippen molar-refractivity contribution in [1.82, 2.24) is 4.90 Å². The summed E-state index contributed by atoms with van der Waals surface area (Å²) in [6, 6.07) is -0.109. The van der Waals surface area contributed by atoms with Crippen molar-refractivity contribution in [3.63, 3.8) is 0 Å². The number of carbonyl (C=O) groups excluding carboxylic acids is 2. The molecule has 6 heteroatoms. The Kier molecular flexibility index (Phi) is 6.67. The van der Waals surface area contributed by atoms with Gasteiger partial charge in [0, 0.05) is 12.6 Å². The van der Waals surface area contributed by atoms with E-state index in [2.05, 4.69) is 40.4 Å². The summed E-state index contributed by atoms with van der Waals surface area (Å²) in [5, 5.41) is 0.105. The van der Waals surface area contributed by atoms with E-state index in [0.717, 1.165) is 6.29 Å². The van der Waals surface area contributed by atoms with Gasteiger partial charge in [-0.3, -0.25) is 4.79 Å². The van der Waals surface area contributed by atoms with E-state index < -0.39 is 13.9 Å². The van der Waals surface area contributed by atoms with Crippen LogP contribution in [-0.4, -0.2) is 49.9 Å². The first-order chi connectivity index (χ1) is 11.2. The molecule has 1 fully saturated rings. The molecule has 0 aromatic carbocycles. The Labute approximate surface area is 153 Å². The molecule has 0 radical (unpaired) electrons. The zero-order valence-electron chi connectivity index (χ0n) is 17.1. The SMILES string of the molecule is C=C(C=O)C[C@H]1C[C@@H](O[Si](C)(C)C(C)(C)C)CN1C(=O)OC(C)(C)C. The standard InChI is InChI=1S/C19H35NO4Si/c1-14(13-21)10-15-11-16(24-25(8,9)19(5,6)7)12-20(15)17(22)23-18(2,3)4/h13,15-16H,1,10-12H2,2-9H3/t15-,16+/m0/s1. The van der Waals surface area contributed by atoms with E-state index in [-0.39, 0.29) is 23.3 Å². The smallest absolute Gasteiger partial charge is 0.410 e. The molecule has 144 valence electrons. The zero-order chi connectivity index (χ0) is 19.6. The van der Waals surface area contributed by atoms with Crippen molar-refractivity contribution >= 4 is 20.7 Å². The average Bonchev–Trinajstić information content (AvgIpc) is 2.77. The second-order valence-electron chi connectivity index (χ2n) is 9.50. The first-order valence-electron chi connectivity index (χ1n) is 8.96. The molecule has 1 aliphatic rings. The minimum atomic E-state index is -1.93. The van der Waals surface area contributed by atoms with Crippen LogP contribution in [0.1, 0.15) is 54.4 Å². The van der Waals surface area contributed by atoms with Gasteiger partial charge in [0.2, 0.25) is 0 Å². The summed E-state index contributed by atoms with van der Waals surface area (Å²) < 4.78 is 12.0. The highest BCUT2D eigenvalue weighted by molar-refractivity contribution is 6.74. The van der Waals surface area contributed by atoms with Crippen molar-refractivity contribution in [1.29, 1.82) is 0 Å². The maximum atomic E-state index is 12.6. The van der Waals surface area contributed by atoms with Gasteiger partial charge < -0.3 is 14.1 Å². The lowest BCUT2D eigenvalue weighted by atomic mass is 10.1. The minimum Gasteiger partial charge on any atom is -0.444 e. The van der Waals surface area contributed by atoms with Gasteiger partial charge in [0.05, 0.1) is 6.10 Å². The summed E-state index contributed by atoms with van der Waals surface area (Å²) in [5.74, 6) is 0. The van der Waals surface area contributed by atoms with Crippen LogP contribution in [0.15, 0.2) is 12.2 Å². The molecule has 5 nitrogen and oxygen atoms in total. The van der Waals surface area contributed by atoms with E-state index in [1.54, 1.807) is 4.90 Å². The molecule has 2 atom stereocenters. The molecule has 0 unspecified atom stereocenters. The molecule has 0 aromatic rings. The third-order valence-electron chi connectivity index (χ3n) is 4.94. The fourth-order valence-corrected chi connectivity index (χ4v) is 4.00. The van der Waals surface area contributed by atoms with Crippen molar-refractivity contribution in [2.75, 3.05) is 6.54 Å². The zero-order valence-corrected chi connectivity index (χ0v) is 18.1. The van der Waals surface area contributed by atoms with Crippen LogP contribution in [-0.2, 0) is 14.0 Å². The lowest BCUT2D eigenvalue weighted by molar-refractivity contribution is -0.105. The molecule has 0 N–H and O–H groups in total. The van der Waals surface area contributed by atoms with Crippen LogP contribution in [0.25, 0.3) is 0 Å². The highest BCUT2D eigenvalue weighted by Crippen LogP contribution is 2.39.